The Morgan fingerprint density at radius 1 is 1.33 bits per heavy atom. The molecule has 0 aromatic heterocycles. The van der Waals surface area contributed by atoms with E-state index < -0.39 is 35.0 Å². The zero-order valence-electron chi connectivity index (χ0n) is 11.3. The van der Waals surface area contributed by atoms with Crippen LogP contribution in [0.15, 0.2) is 16.6 Å². The fourth-order valence-electron chi connectivity index (χ4n) is 2.59. The second-order valence-electron chi connectivity index (χ2n) is 5.15. The second kappa shape index (κ2) is 6.09. The highest BCUT2D eigenvalue weighted by atomic mass is 79.9. The van der Waals surface area contributed by atoms with Gasteiger partial charge in [0.15, 0.2) is 0 Å². The van der Waals surface area contributed by atoms with E-state index in [0.29, 0.717) is 0 Å². The van der Waals surface area contributed by atoms with Gasteiger partial charge in [-0.1, -0.05) is 15.9 Å². The predicted molar refractivity (Wildman–Crippen MR) is 74.9 cm³/mol. The van der Waals surface area contributed by atoms with Crippen molar-refractivity contribution in [3.63, 3.8) is 0 Å². The van der Waals surface area contributed by atoms with Gasteiger partial charge in [-0.3, -0.25) is 9.59 Å². The van der Waals surface area contributed by atoms with E-state index in [4.69, 9.17) is 5.11 Å². The van der Waals surface area contributed by atoms with Crippen molar-refractivity contribution < 1.29 is 23.5 Å². The molecule has 1 aromatic rings. The van der Waals surface area contributed by atoms with Crippen LogP contribution in [0.3, 0.4) is 0 Å². The third-order valence-corrected chi connectivity index (χ3v) is 4.16. The van der Waals surface area contributed by atoms with Gasteiger partial charge < -0.3 is 10.0 Å². The molecule has 2 unspecified atom stereocenters. The van der Waals surface area contributed by atoms with Crippen LogP contribution in [-0.2, 0) is 4.79 Å². The summed E-state index contributed by atoms with van der Waals surface area (Å²) in [6, 6.07) is 1.69. The van der Waals surface area contributed by atoms with Gasteiger partial charge in [0, 0.05) is 17.1 Å². The van der Waals surface area contributed by atoms with E-state index in [1.165, 1.54) is 4.90 Å². The van der Waals surface area contributed by atoms with E-state index in [1.807, 2.05) is 0 Å². The van der Waals surface area contributed by atoms with E-state index in [0.717, 1.165) is 12.1 Å². The number of hydrogen-bond donors (Lipinski definition) is 1. The van der Waals surface area contributed by atoms with Gasteiger partial charge in [0.1, 0.15) is 17.2 Å². The molecule has 1 amide bonds. The van der Waals surface area contributed by atoms with Crippen LogP contribution >= 0.6 is 15.9 Å². The zero-order valence-corrected chi connectivity index (χ0v) is 12.9. The standard InChI is InChI=1S/C14H14BrF2NO3/c1-7-4-8(14(20)21)2-3-18(7)13(19)12-10(16)5-9(15)6-11(12)17/h5-8H,2-4H2,1H3,(H,20,21). The first-order valence-corrected chi connectivity index (χ1v) is 7.29. The van der Waals surface area contributed by atoms with Gasteiger partial charge in [0.25, 0.3) is 5.91 Å². The number of carbonyl (C=O) groups excluding carboxylic acids is 1. The highest BCUT2D eigenvalue weighted by molar-refractivity contribution is 9.10. The summed E-state index contributed by atoms with van der Waals surface area (Å²) in [7, 11) is 0. The van der Waals surface area contributed by atoms with Gasteiger partial charge in [0.05, 0.1) is 5.92 Å². The molecule has 1 aromatic carbocycles. The fraction of sp³-hybridized carbons (Fsp3) is 0.429. The molecule has 1 N–H and O–H groups in total. The predicted octanol–water partition coefficient (Wildman–Crippen LogP) is 3.05. The zero-order chi connectivity index (χ0) is 15.7. The van der Waals surface area contributed by atoms with Gasteiger partial charge in [-0.25, -0.2) is 8.78 Å². The Bertz CT molecular complexity index is 571. The van der Waals surface area contributed by atoms with Crippen LogP contribution < -0.4 is 0 Å². The SMILES string of the molecule is CC1CC(C(=O)O)CCN1C(=O)c1c(F)cc(Br)cc1F. The first kappa shape index (κ1) is 15.9. The molecular formula is C14H14BrF2NO3. The number of rotatable bonds is 2. The molecule has 114 valence electrons. The maximum atomic E-state index is 13.8. The van der Waals surface area contributed by atoms with Crippen molar-refractivity contribution in [2.45, 2.75) is 25.8 Å². The maximum absolute atomic E-state index is 13.8. The van der Waals surface area contributed by atoms with Crippen molar-refractivity contribution >= 4 is 27.8 Å². The molecule has 2 atom stereocenters. The molecule has 1 aliphatic rings. The molecule has 0 aliphatic carbocycles. The third-order valence-electron chi connectivity index (χ3n) is 3.71. The molecule has 0 saturated carbocycles. The lowest BCUT2D eigenvalue weighted by Gasteiger charge is -2.36. The Kier molecular flexibility index (Phi) is 4.61. The summed E-state index contributed by atoms with van der Waals surface area (Å²) in [5.74, 6) is -4.04. The normalized spacial score (nSPS) is 22.2. The van der Waals surface area contributed by atoms with Crippen LogP contribution in [0.25, 0.3) is 0 Å². The van der Waals surface area contributed by atoms with E-state index in [2.05, 4.69) is 15.9 Å². The van der Waals surface area contributed by atoms with Crippen molar-refractivity contribution in [2.75, 3.05) is 6.54 Å². The molecule has 1 aliphatic heterocycles. The highest BCUT2D eigenvalue weighted by Gasteiger charge is 2.34. The van der Waals surface area contributed by atoms with Crippen LogP contribution in [0.5, 0.6) is 0 Å². The lowest BCUT2D eigenvalue weighted by Crippen LogP contribution is -2.46. The summed E-state index contributed by atoms with van der Waals surface area (Å²) in [5, 5.41) is 8.99. The van der Waals surface area contributed by atoms with Gasteiger partial charge in [-0.2, -0.15) is 0 Å². The molecule has 1 saturated heterocycles. The number of hydrogen-bond acceptors (Lipinski definition) is 2. The fourth-order valence-corrected chi connectivity index (χ4v) is 2.99. The van der Waals surface area contributed by atoms with Crippen LogP contribution in [-0.4, -0.2) is 34.5 Å². The number of halogens is 3. The number of benzene rings is 1. The quantitative estimate of drug-likeness (QED) is 0.880. The Labute approximate surface area is 128 Å². The first-order valence-electron chi connectivity index (χ1n) is 6.49. The van der Waals surface area contributed by atoms with Gasteiger partial charge in [-0.15, -0.1) is 0 Å². The maximum Gasteiger partial charge on any atom is 0.306 e. The van der Waals surface area contributed by atoms with E-state index >= 15 is 0 Å². The number of carbonyl (C=O) groups is 2. The smallest absolute Gasteiger partial charge is 0.306 e. The Balaban J connectivity index is 2.24. The lowest BCUT2D eigenvalue weighted by molar-refractivity contribution is -0.143. The average molecular weight is 362 g/mol. The first-order chi connectivity index (χ1) is 9.81. The minimum atomic E-state index is -0.931. The molecule has 7 heteroatoms. The number of nitrogens with zero attached hydrogens (tertiary/aromatic N) is 1. The Morgan fingerprint density at radius 3 is 2.38 bits per heavy atom. The van der Waals surface area contributed by atoms with Crippen molar-refractivity contribution in [2.24, 2.45) is 5.92 Å². The van der Waals surface area contributed by atoms with E-state index in [-0.39, 0.29) is 29.9 Å². The minimum absolute atomic E-state index is 0.173. The largest absolute Gasteiger partial charge is 0.481 e. The van der Waals surface area contributed by atoms with Gasteiger partial charge in [0.2, 0.25) is 0 Å². The molecule has 2 rings (SSSR count). The number of carboxylic acids is 1. The topological polar surface area (TPSA) is 57.6 Å². The molecule has 0 spiro atoms. The van der Waals surface area contributed by atoms with Crippen molar-refractivity contribution in [1.29, 1.82) is 0 Å². The summed E-state index contributed by atoms with van der Waals surface area (Å²) in [4.78, 5) is 24.6. The number of amides is 1. The third kappa shape index (κ3) is 3.23. The molecular weight excluding hydrogens is 348 g/mol. The number of aliphatic carboxylic acids is 1. The summed E-state index contributed by atoms with van der Waals surface area (Å²) in [5.41, 5.74) is -0.598. The van der Waals surface area contributed by atoms with Crippen molar-refractivity contribution in [3.05, 3.63) is 33.8 Å². The van der Waals surface area contributed by atoms with Gasteiger partial charge >= 0.3 is 5.97 Å². The number of carboxylic acid groups (broad SMARTS) is 1. The summed E-state index contributed by atoms with van der Waals surface area (Å²) < 4.78 is 27.9. The minimum Gasteiger partial charge on any atom is -0.481 e. The molecule has 1 fully saturated rings. The summed E-state index contributed by atoms with van der Waals surface area (Å²) >= 11 is 2.96. The molecule has 21 heavy (non-hydrogen) atoms. The number of likely N-dealkylation sites (tertiary alicyclic amines) is 1. The average Bonchev–Trinajstić information content (AvgIpc) is 2.36. The summed E-state index contributed by atoms with van der Waals surface area (Å²) in [6.07, 6.45) is 0.562. The molecule has 0 bridgehead atoms. The van der Waals surface area contributed by atoms with Crippen LogP contribution in [0.4, 0.5) is 8.78 Å². The van der Waals surface area contributed by atoms with Crippen LogP contribution in [0.1, 0.15) is 30.1 Å². The monoisotopic (exact) mass is 361 g/mol. The van der Waals surface area contributed by atoms with Crippen molar-refractivity contribution in [1.82, 2.24) is 4.90 Å². The Hall–Kier alpha value is -1.50. The van der Waals surface area contributed by atoms with Gasteiger partial charge in [-0.05, 0) is 31.9 Å². The van der Waals surface area contributed by atoms with E-state index in [1.54, 1.807) is 6.92 Å². The van der Waals surface area contributed by atoms with Crippen LogP contribution in [0.2, 0.25) is 0 Å². The number of piperidine rings is 1. The molecule has 1 heterocycles. The Morgan fingerprint density at radius 2 is 1.90 bits per heavy atom. The molecule has 4 nitrogen and oxygen atoms in total. The summed E-state index contributed by atoms with van der Waals surface area (Å²) in [6.45, 7) is 1.85. The van der Waals surface area contributed by atoms with Crippen molar-refractivity contribution in [3.8, 4) is 0 Å². The molecule has 0 radical (unpaired) electrons. The lowest BCUT2D eigenvalue weighted by atomic mass is 9.91. The van der Waals surface area contributed by atoms with Crippen LogP contribution in [0, 0.1) is 17.6 Å². The second-order valence-corrected chi connectivity index (χ2v) is 6.07. The van der Waals surface area contributed by atoms with E-state index in [9.17, 15) is 18.4 Å². The highest BCUT2D eigenvalue weighted by Crippen LogP contribution is 2.27.